The van der Waals surface area contributed by atoms with E-state index < -0.39 is 0 Å². The van der Waals surface area contributed by atoms with Crippen molar-refractivity contribution in [3.63, 3.8) is 0 Å². The topological polar surface area (TPSA) is 44.5 Å². The number of benzene rings is 1. The standard InChI is InChI=1S/C14H22ClNO2/c1-4-5-10(2)18-14-12(15)8-11(6-7-16)9-13(14)17-3/h8-10H,4-7,16H2,1-3H3. The molecule has 18 heavy (non-hydrogen) atoms. The maximum Gasteiger partial charge on any atom is 0.180 e. The average molecular weight is 272 g/mol. The normalized spacial score (nSPS) is 12.3. The van der Waals surface area contributed by atoms with Gasteiger partial charge in [-0.1, -0.05) is 24.9 Å². The van der Waals surface area contributed by atoms with E-state index in [1.54, 1.807) is 7.11 Å². The fourth-order valence-corrected chi connectivity index (χ4v) is 2.14. The molecule has 1 aromatic carbocycles. The summed E-state index contributed by atoms with van der Waals surface area (Å²) in [5.74, 6) is 1.30. The zero-order valence-corrected chi connectivity index (χ0v) is 12.1. The third-order valence-corrected chi connectivity index (χ3v) is 3.02. The lowest BCUT2D eigenvalue weighted by Gasteiger charge is -2.18. The smallest absolute Gasteiger partial charge is 0.180 e. The highest BCUT2D eigenvalue weighted by Gasteiger charge is 2.14. The molecule has 1 atom stereocenters. The van der Waals surface area contributed by atoms with Gasteiger partial charge in [0.25, 0.3) is 0 Å². The van der Waals surface area contributed by atoms with Crippen LogP contribution in [-0.2, 0) is 6.42 Å². The predicted molar refractivity (Wildman–Crippen MR) is 75.8 cm³/mol. The summed E-state index contributed by atoms with van der Waals surface area (Å²) < 4.78 is 11.2. The number of hydrogen-bond acceptors (Lipinski definition) is 3. The molecule has 0 bridgehead atoms. The molecule has 102 valence electrons. The molecule has 0 saturated heterocycles. The minimum Gasteiger partial charge on any atom is -0.493 e. The minimum atomic E-state index is 0.127. The van der Waals surface area contributed by atoms with Crippen LogP contribution < -0.4 is 15.2 Å². The summed E-state index contributed by atoms with van der Waals surface area (Å²) in [5, 5.41) is 0.584. The molecule has 3 nitrogen and oxygen atoms in total. The molecule has 0 aliphatic rings. The molecule has 0 aliphatic carbocycles. The summed E-state index contributed by atoms with van der Waals surface area (Å²) >= 11 is 6.25. The number of hydrogen-bond donors (Lipinski definition) is 1. The maximum absolute atomic E-state index is 6.25. The van der Waals surface area contributed by atoms with Crippen LogP contribution in [0.25, 0.3) is 0 Å². The van der Waals surface area contributed by atoms with E-state index in [1.165, 1.54) is 0 Å². The number of nitrogens with two attached hydrogens (primary N) is 1. The van der Waals surface area contributed by atoms with Gasteiger partial charge in [-0.05, 0) is 44.0 Å². The van der Waals surface area contributed by atoms with Crippen molar-refractivity contribution in [2.75, 3.05) is 13.7 Å². The Labute approximate surface area is 114 Å². The molecule has 0 aromatic heterocycles. The van der Waals surface area contributed by atoms with E-state index in [9.17, 15) is 0 Å². The SMILES string of the molecule is CCCC(C)Oc1c(Cl)cc(CCN)cc1OC. The van der Waals surface area contributed by atoms with Crippen LogP contribution in [0.4, 0.5) is 0 Å². The van der Waals surface area contributed by atoms with Crippen LogP contribution >= 0.6 is 11.6 Å². The van der Waals surface area contributed by atoms with Gasteiger partial charge in [0.05, 0.1) is 18.2 Å². The van der Waals surface area contributed by atoms with Crippen LogP contribution in [0.1, 0.15) is 32.3 Å². The number of halogens is 1. The highest BCUT2D eigenvalue weighted by molar-refractivity contribution is 6.32. The van der Waals surface area contributed by atoms with E-state index in [2.05, 4.69) is 6.92 Å². The summed E-state index contributed by atoms with van der Waals surface area (Å²) in [4.78, 5) is 0. The van der Waals surface area contributed by atoms with E-state index in [-0.39, 0.29) is 6.10 Å². The third-order valence-electron chi connectivity index (χ3n) is 2.74. The van der Waals surface area contributed by atoms with E-state index in [1.807, 2.05) is 19.1 Å². The van der Waals surface area contributed by atoms with Crippen molar-refractivity contribution in [2.45, 2.75) is 39.2 Å². The second-order valence-corrected chi connectivity index (χ2v) is 4.77. The van der Waals surface area contributed by atoms with E-state index in [0.29, 0.717) is 23.1 Å². The van der Waals surface area contributed by atoms with Gasteiger partial charge in [-0.2, -0.15) is 0 Å². The molecule has 2 N–H and O–H groups in total. The summed E-state index contributed by atoms with van der Waals surface area (Å²) in [6.45, 7) is 4.75. The highest BCUT2D eigenvalue weighted by atomic mass is 35.5. The summed E-state index contributed by atoms with van der Waals surface area (Å²) in [5.41, 5.74) is 6.61. The van der Waals surface area contributed by atoms with Crippen LogP contribution in [-0.4, -0.2) is 19.8 Å². The molecule has 1 rings (SSSR count). The molecular formula is C14H22ClNO2. The fourth-order valence-electron chi connectivity index (χ4n) is 1.87. The highest BCUT2D eigenvalue weighted by Crippen LogP contribution is 2.37. The minimum absolute atomic E-state index is 0.127. The van der Waals surface area contributed by atoms with Crippen molar-refractivity contribution in [1.29, 1.82) is 0 Å². The molecule has 0 fully saturated rings. The average Bonchev–Trinajstić information content (AvgIpc) is 2.33. The Hall–Kier alpha value is -0.930. The zero-order valence-electron chi connectivity index (χ0n) is 11.3. The first kappa shape index (κ1) is 15.1. The van der Waals surface area contributed by atoms with Crippen LogP contribution in [0.15, 0.2) is 12.1 Å². The Balaban J connectivity index is 2.95. The molecule has 0 radical (unpaired) electrons. The van der Waals surface area contributed by atoms with Gasteiger partial charge in [0.15, 0.2) is 11.5 Å². The first-order valence-electron chi connectivity index (χ1n) is 6.35. The lowest BCUT2D eigenvalue weighted by Crippen LogP contribution is -2.12. The lowest BCUT2D eigenvalue weighted by atomic mass is 10.1. The van der Waals surface area contributed by atoms with Crippen molar-refractivity contribution in [2.24, 2.45) is 5.73 Å². The monoisotopic (exact) mass is 271 g/mol. The Morgan fingerprint density at radius 3 is 2.67 bits per heavy atom. The molecule has 4 heteroatoms. The Morgan fingerprint density at radius 1 is 1.39 bits per heavy atom. The summed E-state index contributed by atoms with van der Waals surface area (Å²) in [7, 11) is 1.62. The van der Waals surface area contributed by atoms with Crippen molar-refractivity contribution >= 4 is 11.6 Å². The van der Waals surface area contributed by atoms with E-state index in [0.717, 1.165) is 24.8 Å². The van der Waals surface area contributed by atoms with Crippen molar-refractivity contribution in [1.82, 2.24) is 0 Å². The van der Waals surface area contributed by atoms with Gasteiger partial charge in [-0.15, -0.1) is 0 Å². The molecule has 0 amide bonds. The number of rotatable bonds is 7. The fraction of sp³-hybridized carbons (Fsp3) is 0.571. The lowest BCUT2D eigenvalue weighted by molar-refractivity contribution is 0.201. The summed E-state index contributed by atoms with van der Waals surface area (Å²) in [6, 6.07) is 3.83. The largest absolute Gasteiger partial charge is 0.493 e. The number of ether oxygens (including phenoxy) is 2. The Kier molecular flexibility index (Phi) is 6.30. The number of methoxy groups -OCH3 is 1. The van der Waals surface area contributed by atoms with Gasteiger partial charge in [-0.3, -0.25) is 0 Å². The molecule has 1 aromatic rings. The Bertz CT molecular complexity index is 382. The predicted octanol–water partition coefficient (Wildman–Crippen LogP) is 3.42. The van der Waals surface area contributed by atoms with Gasteiger partial charge >= 0.3 is 0 Å². The van der Waals surface area contributed by atoms with Crippen molar-refractivity contribution in [3.8, 4) is 11.5 Å². The second kappa shape index (κ2) is 7.49. The van der Waals surface area contributed by atoms with Gasteiger partial charge in [0.2, 0.25) is 0 Å². The first-order chi connectivity index (χ1) is 8.62. The van der Waals surface area contributed by atoms with Crippen LogP contribution in [0.2, 0.25) is 5.02 Å². The first-order valence-corrected chi connectivity index (χ1v) is 6.73. The second-order valence-electron chi connectivity index (χ2n) is 4.36. The van der Waals surface area contributed by atoms with Gasteiger partial charge < -0.3 is 15.2 Å². The van der Waals surface area contributed by atoms with Gasteiger partial charge in [-0.25, -0.2) is 0 Å². The summed E-state index contributed by atoms with van der Waals surface area (Å²) in [6.07, 6.45) is 2.97. The molecule has 0 spiro atoms. The van der Waals surface area contributed by atoms with Gasteiger partial charge in [0, 0.05) is 0 Å². The van der Waals surface area contributed by atoms with Crippen LogP contribution in [0, 0.1) is 0 Å². The molecular weight excluding hydrogens is 250 g/mol. The van der Waals surface area contributed by atoms with Crippen molar-refractivity contribution < 1.29 is 9.47 Å². The quantitative estimate of drug-likeness (QED) is 0.826. The van der Waals surface area contributed by atoms with Crippen LogP contribution in [0.3, 0.4) is 0 Å². The maximum atomic E-state index is 6.25. The Morgan fingerprint density at radius 2 is 2.11 bits per heavy atom. The molecule has 1 unspecified atom stereocenters. The molecule has 0 saturated carbocycles. The van der Waals surface area contributed by atoms with Gasteiger partial charge in [0.1, 0.15) is 0 Å². The molecule has 0 heterocycles. The van der Waals surface area contributed by atoms with E-state index in [4.69, 9.17) is 26.8 Å². The molecule has 0 aliphatic heterocycles. The third kappa shape index (κ3) is 4.07. The van der Waals surface area contributed by atoms with Crippen LogP contribution in [0.5, 0.6) is 11.5 Å². The zero-order chi connectivity index (χ0) is 13.5. The van der Waals surface area contributed by atoms with E-state index >= 15 is 0 Å². The van der Waals surface area contributed by atoms with Crippen molar-refractivity contribution in [3.05, 3.63) is 22.7 Å².